The topological polar surface area (TPSA) is 35.0 Å². The SMILES string of the molecule is CCCCCc1cnc(-c2ccc(OCCC(Cl)CC)cc2)nc1. The van der Waals surface area contributed by atoms with E-state index in [0.29, 0.717) is 6.61 Å². The van der Waals surface area contributed by atoms with Crippen molar-refractivity contribution >= 4 is 11.6 Å². The van der Waals surface area contributed by atoms with Gasteiger partial charge in [0.05, 0.1) is 6.61 Å². The van der Waals surface area contributed by atoms with Crippen LogP contribution in [0.15, 0.2) is 36.7 Å². The average molecular weight is 347 g/mol. The fraction of sp³-hybridized carbons (Fsp3) is 0.500. The minimum atomic E-state index is 0.188. The van der Waals surface area contributed by atoms with Crippen molar-refractivity contribution in [2.24, 2.45) is 0 Å². The Labute approximate surface area is 150 Å². The van der Waals surface area contributed by atoms with Crippen molar-refractivity contribution < 1.29 is 4.74 Å². The number of ether oxygens (including phenoxy) is 1. The molecule has 1 aromatic carbocycles. The van der Waals surface area contributed by atoms with Gasteiger partial charge in [0, 0.05) is 23.3 Å². The molecule has 4 heteroatoms. The van der Waals surface area contributed by atoms with Gasteiger partial charge in [-0.1, -0.05) is 26.7 Å². The molecule has 0 aliphatic carbocycles. The van der Waals surface area contributed by atoms with Crippen molar-refractivity contribution in [1.29, 1.82) is 0 Å². The normalized spacial score (nSPS) is 12.1. The van der Waals surface area contributed by atoms with E-state index in [2.05, 4.69) is 23.8 Å². The number of benzene rings is 1. The van der Waals surface area contributed by atoms with Crippen LogP contribution in [-0.4, -0.2) is 22.0 Å². The van der Waals surface area contributed by atoms with Crippen molar-refractivity contribution in [3.05, 3.63) is 42.2 Å². The second kappa shape index (κ2) is 10.3. The first-order chi connectivity index (χ1) is 11.7. The third kappa shape index (κ3) is 6.12. The van der Waals surface area contributed by atoms with Crippen LogP contribution < -0.4 is 4.74 Å². The van der Waals surface area contributed by atoms with Gasteiger partial charge >= 0.3 is 0 Å². The molecule has 0 aliphatic rings. The molecule has 0 bridgehead atoms. The monoisotopic (exact) mass is 346 g/mol. The molecular formula is C20H27ClN2O. The number of hydrogen-bond donors (Lipinski definition) is 0. The summed E-state index contributed by atoms with van der Waals surface area (Å²) < 4.78 is 5.72. The van der Waals surface area contributed by atoms with Crippen LogP contribution in [0.4, 0.5) is 0 Å². The van der Waals surface area contributed by atoms with E-state index in [1.807, 2.05) is 36.7 Å². The number of nitrogens with zero attached hydrogens (tertiary/aromatic N) is 2. The zero-order chi connectivity index (χ0) is 17.2. The van der Waals surface area contributed by atoms with Crippen molar-refractivity contribution in [2.45, 2.75) is 57.7 Å². The van der Waals surface area contributed by atoms with Gasteiger partial charge in [0.2, 0.25) is 0 Å². The van der Waals surface area contributed by atoms with E-state index < -0.39 is 0 Å². The number of aryl methyl sites for hydroxylation is 1. The molecule has 0 N–H and O–H groups in total. The predicted octanol–water partition coefficient (Wildman–Crippen LogP) is 5.66. The smallest absolute Gasteiger partial charge is 0.159 e. The lowest BCUT2D eigenvalue weighted by Crippen LogP contribution is -2.05. The van der Waals surface area contributed by atoms with Gasteiger partial charge in [-0.25, -0.2) is 9.97 Å². The van der Waals surface area contributed by atoms with E-state index in [-0.39, 0.29) is 5.38 Å². The molecule has 0 saturated carbocycles. The molecule has 130 valence electrons. The van der Waals surface area contributed by atoms with Crippen LogP contribution >= 0.6 is 11.6 Å². The van der Waals surface area contributed by atoms with E-state index in [4.69, 9.17) is 16.3 Å². The number of alkyl halides is 1. The summed E-state index contributed by atoms with van der Waals surface area (Å²) in [6, 6.07) is 7.92. The summed E-state index contributed by atoms with van der Waals surface area (Å²) in [6.45, 7) is 4.94. The summed E-state index contributed by atoms with van der Waals surface area (Å²) in [5, 5.41) is 0.188. The maximum atomic E-state index is 6.09. The highest BCUT2D eigenvalue weighted by atomic mass is 35.5. The lowest BCUT2D eigenvalue weighted by atomic mass is 10.1. The van der Waals surface area contributed by atoms with Crippen LogP contribution in [-0.2, 0) is 6.42 Å². The Morgan fingerprint density at radius 2 is 1.75 bits per heavy atom. The minimum Gasteiger partial charge on any atom is -0.494 e. The second-order valence-electron chi connectivity index (χ2n) is 6.04. The molecule has 1 unspecified atom stereocenters. The maximum absolute atomic E-state index is 6.09. The fourth-order valence-corrected chi connectivity index (χ4v) is 2.51. The average Bonchev–Trinajstić information content (AvgIpc) is 2.63. The van der Waals surface area contributed by atoms with E-state index >= 15 is 0 Å². The summed E-state index contributed by atoms with van der Waals surface area (Å²) in [5.41, 5.74) is 2.21. The van der Waals surface area contributed by atoms with Gasteiger partial charge in [-0.05, 0) is 55.5 Å². The zero-order valence-electron chi connectivity index (χ0n) is 14.7. The Morgan fingerprint density at radius 3 is 2.38 bits per heavy atom. The molecule has 1 atom stereocenters. The first kappa shape index (κ1) is 18.7. The van der Waals surface area contributed by atoms with Crippen LogP contribution in [0.2, 0.25) is 0 Å². The highest BCUT2D eigenvalue weighted by molar-refractivity contribution is 6.20. The lowest BCUT2D eigenvalue weighted by molar-refractivity contribution is 0.307. The highest BCUT2D eigenvalue weighted by Gasteiger charge is 2.04. The molecule has 0 radical (unpaired) electrons. The summed E-state index contributed by atoms with van der Waals surface area (Å²) in [7, 11) is 0. The zero-order valence-corrected chi connectivity index (χ0v) is 15.4. The van der Waals surface area contributed by atoms with Gasteiger partial charge in [-0.2, -0.15) is 0 Å². The van der Waals surface area contributed by atoms with Crippen LogP contribution in [0, 0.1) is 0 Å². The van der Waals surface area contributed by atoms with E-state index in [1.165, 1.54) is 24.8 Å². The van der Waals surface area contributed by atoms with Gasteiger partial charge in [0.15, 0.2) is 5.82 Å². The van der Waals surface area contributed by atoms with Gasteiger partial charge in [-0.3, -0.25) is 0 Å². The van der Waals surface area contributed by atoms with Gasteiger partial charge < -0.3 is 4.74 Å². The second-order valence-corrected chi connectivity index (χ2v) is 6.66. The molecule has 0 amide bonds. The first-order valence-corrected chi connectivity index (χ1v) is 9.34. The number of hydrogen-bond acceptors (Lipinski definition) is 3. The summed E-state index contributed by atoms with van der Waals surface area (Å²) >= 11 is 6.09. The Morgan fingerprint density at radius 1 is 1.04 bits per heavy atom. The van der Waals surface area contributed by atoms with E-state index in [9.17, 15) is 0 Å². The molecule has 3 nitrogen and oxygen atoms in total. The Balaban J connectivity index is 1.88. The summed E-state index contributed by atoms with van der Waals surface area (Å²) in [6.07, 6.45) is 10.5. The largest absolute Gasteiger partial charge is 0.494 e. The summed E-state index contributed by atoms with van der Waals surface area (Å²) in [4.78, 5) is 8.97. The van der Waals surface area contributed by atoms with Crippen LogP contribution in [0.5, 0.6) is 5.75 Å². The molecule has 2 rings (SSSR count). The molecule has 24 heavy (non-hydrogen) atoms. The molecular weight excluding hydrogens is 320 g/mol. The Bertz CT molecular complexity index is 584. The standard InChI is InChI=1S/C20H27ClN2O/c1-3-5-6-7-16-14-22-20(23-15-16)17-8-10-19(11-9-17)24-13-12-18(21)4-2/h8-11,14-15,18H,3-7,12-13H2,1-2H3. The maximum Gasteiger partial charge on any atom is 0.159 e. The van der Waals surface area contributed by atoms with Crippen LogP contribution in [0.1, 0.15) is 51.5 Å². The van der Waals surface area contributed by atoms with Crippen molar-refractivity contribution in [2.75, 3.05) is 6.61 Å². The third-order valence-corrected chi connectivity index (χ3v) is 4.56. The number of aromatic nitrogens is 2. The first-order valence-electron chi connectivity index (χ1n) is 8.91. The van der Waals surface area contributed by atoms with Gasteiger partial charge in [0.1, 0.15) is 5.75 Å². The van der Waals surface area contributed by atoms with Crippen molar-refractivity contribution in [3.8, 4) is 17.1 Å². The van der Waals surface area contributed by atoms with Crippen LogP contribution in [0.25, 0.3) is 11.4 Å². The van der Waals surface area contributed by atoms with E-state index in [0.717, 1.165) is 36.4 Å². The highest BCUT2D eigenvalue weighted by Crippen LogP contribution is 2.20. The predicted molar refractivity (Wildman–Crippen MR) is 101 cm³/mol. The number of halogens is 1. The molecule has 0 spiro atoms. The number of rotatable bonds is 10. The third-order valence-electron chi connectivity index (χ3n) is 4.03. The number of unbranched alkanes of at least 4 members (excludes halogenated alkanes) is 2. The van der Waals surface area contributed by atoms with Gasteiger partial charge in [-0.15, -0.1) is 11.6 Å². The molecule has 0 fully saturated rings. The van der Waals surface area contributed by atoms with E-state index in [1.54, 1.807) is 0 Å². The quantitative estimate of drug-likeness (QED) is 0.411. The molecule has 0 aliphatic heterocycles. The summed E-state index contributed by atoms with van der Waals surface area (Å²) in [5.74, 6) is 1.61. The van der Waals surface area contributed by atoms with Crippen molar-refractivity contribution in [3.63, 3.8) is 0 Å². The fourth-order valence-electron chi connectivity index (χ4n) is 2.42. The van der Waals surface area contributed by atoms with Crippen molar-refractivity contribution in [1.82, 2.24) is 9.97 Å². The van der Waals surface area contributed by atoms with Gasteiger partial charge in [0.25, 0.3) is 0 Å². The lowest BCUT2D eigenvalue weighted by Gasteiger charge is -2.09. The molecule has 2 aromatic rings. The molecule has 0 saturated heterocycles. The minimum absolute atomic E-state index is 0.188. The van der Waals surface area contributed by atoms with Crippen LogP contribution in [0.3, 0.4) is 0 Å². The molecule has 1 heterocycles. The molecule has 1 aromatic heterocycles. The Kier molecular flexibility index (Phi) is 8.03. The Hall–Kier alpha value is -1.61.